The van der Waals surface area contributed by atoms with Gasteiger partial charge in [0.05, 0.1) is 16.3 Å². The van der Waals surface area contributed by atoms with Crippen LogP contribution in [-0.4, -0.2) is 94.9 Å². The van der Waals surface area contributed by atoms with E-state index >= 15 is 0 Å². The van der Waals surface area contributed by atoms with Gasteiger partial charge in [0, 0.05) is 41.4 Å². The van der Waals surface area contributed by atoms with Gasteiger partial charge in [0.1, 0.15) is 0 Å². The number of aromatic hydroxyl groups is 1. The van der Waals surface area contributed by atoms with Gasteiger partial charge in [0.25, 0.3) is 16.7 Å². The molecule has 0 amide bonds. The molecule has 2 aromatic rings. The predicted octanol–water partition coefficient (Wildman–Crippen LogP) is 3.07. The Labute approximate surface area is 259 Å². The average Bonchev–Trinajstić information content (AvgIpc) is 3.03. The van der Waals surface area contributed by atoms with E-state index in [9.17, 15) is 19.5 Å². The van der Waals surface area contributed by atoms with Gasteiger partial charge in [-0.2, -0.15) is 0 Å². The first-order chi connectivity index (χ1) is 21.2. The lowest BCUT2D eigenvalue weighted by molar-refractivity contribution is 0.289. The molecule has 1 aliphatic heterocycles. The molecule has 10 heteroatoms. The van der Waals surface area contributed by atoms with Crippen LogP contribution in [0.3, 0.4) is 0 Å². The summed E-state index contributed by atoms with van der Waals surface area (Å²) in [5, 5.41) is 13.5. The number of benzene rings is 2. The number of nitrogens with zero attached hydrogens (tertiary/aromatic N) is 6. The zero-order chi connectivity index (χ0) is 32.0. The third-order valence-corrected chi connectivity index (χ3v) is 9.19. The average molecular weight is 607 g/mol. The second-order valence-electron chi connectivity index (χ2n) is 11.7. The zero-order valence-corrected chi connectivity index (χ0v) is 27.5. The largest absolute Gasteiger partial charge is 0.494 e. The van der Waals surface area contributed by atoms with Crippen molar-refractivity contribution < 1.29 is 5.11 Å². The number of aromatic nitrogens is 2. The molecule has 0 fully saturated rings. The first kappa shape index (κ1) is 33.6. The van der Waals surface area contributed by atoms with Crippen LogP contribution in [0, 0.1) is 0 Å². The summed E-state index contributed by atoms with van der Waals surface area (Å²) in [7, 11) is 2.06. The maximum atomic E-state index is 14.1. The van der Waals surface area contributed by atoms with Crippen molar-refractivity contribution in [3.63, 3.8) is 0 Å². The number of pyridine rings is 2. The first-order valence-electron chi connectivity index (χ1n) is 16.4. The number of rotatable bonds is 17. The van der Waals surface area contributed by atoms with Crippen LogP contribution in [0.5, 0.6) is 5.88 Å². The maximum Gasteiger partial charge on any atom is 0.263 e. The minimum absolute atomic E-state index is 0.136. The fourth-order valence-corrected chi connectivity index (χ4v) is 6.28. The van der Waals surface area contributed by atoms with Gasteiger partial charge >= 0.3 is 0 Å². The molecule has 0 saturated carbocycles. The predicted molar refractivity (Wildman–Crippen MR) is 180 cm³/mol. The highest BCUT2D eigenvalue weighted by molar-refractivity contribution is 6.15. The fraction of sp³-hybridized carbons (Fsp3) is 0.588. The van der Waals surface area contributed by atoms with Gasteiger partial charge in [-0.15, -0.1) is 0 Å². The van der Waals surface area contributed by atoms with Crippen molar-refractivity contribution in [1.82, 2.24) is 23.8 Å². The van der Waals surface area contributed by atoms with Gasteiger partial charge < -0.3 is 19.8 Å². The summed E-state index contributed by atoms with van der Waals surface area (Å²) >= 11 is 0. The van der Waals surface area contributed by atoms with Crippen LogP contribution in [0.15, 0.2) is 37.6 Å². The minimum atomic E-state index is -0.374. The van der Waals surface area contributed by atoms with Crippen LogP contribution in [0.25, 0.3) is 32.7 Å². The van der Waals surface area contributed by atoms with Crippen LogP contribution in [0.4, 0.5) is 0 Å². The van der Waals surface area contributed by atoms with Crippen molar-refractivity contribution >= 4 is 21.5 Å². The van der Waals surface area contributed by atoms with E-state index in [1.54, 1.807) is 18.2 Å². The van der Waals surface area contributed by atoms with Gasteiger partial charge in [-0.3, -0.25) is 28.5 Å². The monoisotopic (exact) mass is 606 g/mol. The molecule has 4 rings (SSSR count). The quantitative estimate of drug-likeness (QED) is 0.146. The smallest absolute Gasteiger partial charge is 0.263 e. The van der Waals surface area contributed by atoms with Crippen molar-refractivity contribution in [2.75, 3.05) is 66.0 Å². The van der Waals surface area contributed by atoms with Crippen molar-refractivity contribution in [3.8, 4) is 17.0 Å². The summed E-state index contributed by atoms with van der Waals surface area (Å²) in [4.78, 5) is 53.4. The van der Waals surface area contributed by atoms with Gasteiger partial charge in [0.15, 0.2) is 0 Å². The summed E-state index contributed by atoms with van der Waals surface area (Å²) < 4.78 is 2.76. The van der Waals surface area contributed by atoms with Crippen LogP contribution in [-0.2, 0) is 13.1 Å². The summed E-state index contributed by atoms with van der Waals surface area (Å²) in [5.41, 5.74) is -0.269. The van der Waals surface area contributed by atoms with Crippen LogP contribution < -0.4 is 22.0 Å². The molecule has 0 unspecified atom stereocenters. The van der Waals surface area contributed by atoms with Crippen molar-refractivity contribution in [2.45, 2.75) is 67.0 Å². The third kappa shape index (κ3) is 6.67. The summed E-state index contributed by atoms with van der Waals surface area (Å²) in [6, 6.07) is 5.11. The molecule has 2 heterocycles. The highest BCUT2D eigenvalue weighted by atomic mass is 16.3. The third-order valence-electron chi connectivity index (χ3n) is 9.19. The van der Waals surface area contributed by atoms with Crippen LogP contribution >= 0.6 is 0 Å². The summed E-state index contributed by atoms with van der Waals surface area (Å²) in [5.74, 6) is -0.136. The molecule has 10 nitrogen and oxygen atoms in total. The Hall–Kier alpha value is -3.34. The van der Waals surface area contributed by atoms with E-state index in [0.29, 0.717) is 70.5 Å². The topological polar surface area (TPSA) is 103 Å². The fourth-order valence-electron chi connectivity index (χ4n) is 6.28. The molecular formula is C34H50N6O4. The van der Waals surface area contributed by atoms with Crippen molar-refractivity contribution in [1.29, 1.82) is 0 Å². The van der Waals surface area contributed by atoms with E-state index < -0.39 is 0 Å². The zero-order valence-electron chi connectivity index (χ0n) is 27.5. The second-order valence-corrected chi connectivity index (χ2v) is 11.7. The Morgan fingerprint density at radius 2 is 1.30 bits per heavy atom. The van der Waals surface area contributed by atoms with E-state index in [-0.39, 0.29) is 22.6 Å². The van der Waals surface area contributed by atoms with E-state index in [4.69, 9.17) is 4.99 Å². The Kier molecular flexibility index (Phi) is 11.5. The van der Waals surface area contributed by atoms with Gasteiger partial charge in [0.2, 0.25) is 5.88 Å². The van der Waals surface area contributed by atoms with Gasteiger partial charge in [-0.05, 0) is 96.9 Å². The molecule has 0 spiro atoms. The Bertz CT molecular complexity index is 1740. The maximum absolute atomic E-state index is 14.1. The number of hydrogen-bond donors (Lipinski definition) is 1. The van der Waals surface area contributed by atoms with E-state index in [2.05, 4.69) is 56.4 Å². The Morgan fingerprint density at radius 1 is 0.705 bits per heavy atom. The highest BCUT2D eigenvalue weighted by Gasteiger charge is 2.26. The first-order valence-corrected chi connectivity index (χ1v) is 16.4. The van der Waals surface area contributed by atoms with Crippen LogP contribution in [0.2, 0.25) is 0 Å². The molecule has 240 valence electrons. The summed E-state index contributed by atoms with van der Waals surface area (Å²) in [6.45, 7) is 18.7. The Balaban J connectivity index is 1.93. The SMILES string of the molecule is CCN(C)CCCN=c1cc2c(=O)n(CCCN(CC)CC)c(=O)c3ccc4c(O)n(CCCN(CC)CC)c(=O)c1c4c3-2. The van der Waals surface area contributed by atoms with E-state index in [0.717, 1.165) is 58.8 Å². The Morgan fingerprint density at radius 3 is 1.89 bits per heavy atom. The second kappa shape index (κ2) is 15.1. The molecule has 0 atom stereocenters. The standard InChI is InChI=1S/C34H50N6O4/c1-7-36(6)18-12-17-35-27-23-26-28-24(31(41)39(33(26)43)21-13-19-37(8-2)9-3)15-16-25-29(28)30(27)34(44)40(32(25)42)22-14-20-38(10-4)11-5/h15-16,23,42H,7-14,17-22H2,1-6H3. The lowest BCUT2D eigenvalue weighted by Crippen LogP contribution is -2.37. The molecule has 1 aromatic heterocycles. The van der Waals surface area contributed by atoms with Crippen molar-refractivity contribution in [2.24, 2.45) is 4.99 Å². The molecule has 44 heavy (non-hydrogen) atoms. The highest BCUT2D eigenvalue weighted by Crippen LogP contribution is 2.36. The van der Waals surface area contributed by atoms with Crippen LogP contribution in [0.1, 0.15) is 53.9 Å². The molecule has 0 radical (unpaired) electrons. The lowest BCUT2D eigenvalue weighted by atomic mass is 9.90. The summed E-state index contributed by atoms with van der Waals surface area (Å²) in [6.07, 6.45) is 2.17. The normalized spacial score (nSPS) is 12.9. The molecule has 0 saturated heterocycles. The van der Waals surface area contributed by atoms with E-state index in [1.165, 1.54) is 9.13 Å². The molecular weight excluding hydrogens is 556 g/mol. The lowest BCUT2D eigenvalue weighted by Gasteiger charge is -2.21. The molecule has 1 N–H and O–H groups in total. The molecule has 0 bridgehead atoms. The van der Waals surface area contributed by atoms with Crippen molar-refractivity contribution in [3.05, 3.63) is 54.6 Å². The van der Waals surface area contributed by atoms with Gasteiger partial charge in [-0.1, -0.05) is 34.6 Å². The molecule has 1 aliphatic carbocycles. The molecule has 1 aromatic carbocycles. The minimum Gasteiger partial charge on any atom is -0.494 e. The number of hydrogen-bond acceptors (Lipinski definition) is 8. The molecule has 2 aliphatic rings. The van der Waals surface area contributed by atoms with Gasteiger partial charge in [-0.25, -0.2) is 0 Å². The van der Waals surface area contributed by atoms with E-state index in [1.807, 2.05) is 0 Å².